The molecule has 1 aromatic carbocycles. The number of alkyl halides is 1. The zero-order chi connectivity index (χ0) is 13.7. The molecule has 1 amide bonds. The Morgan fingerprint density at radius 3 is 2.37 bits per heavy atom. The molecule has 1 aromatic rings. The van der Waals surface area contributed by atoms with Crippen LogP contribution in [0.1, 0.15) is 15.9 Å². The van der Waals surface area contributed by atoms with Crippen LogP contribution in [0.5, 0.6) is 0 Å². The summed E-state index contributed by atoms with van der Waals surface area (Å²) < 4.78 is 0. The molecule has 1 fully saturated rings. The Kier molecular flexibility index (Phi) is 4.94. The van der Waals surface area contributed by atoms with E-state index in [1.807, 2.05) is 4.90 Å². The van der Waals surface area contributed by atoms with Crippen LogP contribution < -0.4 is 0 Å². The van der Waals surface area contributed by atoms with Gasteiger partial charge in [0, 0.05) is 43.6 Å². The molecule has 0 atom stereocenters. The lowest BCUT2D eigenvalue weighted by Crippen LogP contribution is -2.49. The Balaban J connectivity index is 1.95. The lowest BCUT2D eigenvalue weighted by Gasteiger charge is -2.34. The molecule has 1 saturated heterocycles. The van der Waals surface area contributed by atoms with Gasteiger partial charge in [-0.05, 0) is 24.3 Å². The smallest absolute Gasteiger partial charge is 0.253 e. The third-order valence-electron chi connectivity index (χ3n) is 3.32. The van der Waals surface area contributed by atoms with E-state index in [1.54, 1.807) is 24.3 Å². The zero-order valence-corrected chi connectivity index (χ0v) is 12.3. The summed E-state index contributed by atoms with van der Waals surface area (Å²) >= 11 is 3.43. The second kappa shape index (κ2) is 6.69. The Labute approximate surface area is 121 Å². The maximum absolute atomic E-state index is 12.3. The van der Waals surface area contributed by atoms with E-state index in [0.29, 0.717) is 11.1 Å². The molecule has 0 saturated carbocycles. The van der Waals surface area contributed by atoms with Gasteiger partial charge in [-0.1, -0.05) is 15.9 Å². The summed E-state index contributed by atoms with van der Waals surface area (Å²) in [5.74, 6) is 0.0583. The minimum Gasteiger partial charge on any atom is -0.336 e. The summed E-state index contributed by atoms with van der Waals surface area (Å²) in [5, 5.41) is 9.71. The minimum atomic E-state index is 0.0583. The van der Waals surface area contributed by atoms with Crippen molar-refractivity contribution in [3.05, 3.63) is 35.4 Å². The molecule has 2 rings (SSSR count). The summed E-state index contributed by atoms with van der Waals surface area (Å²) in [6, 6.07) is 8.89. The first kappa shape index (κ1) is 14.0. The molecular formula is C14H16BrN3O. The molecule has 0 bridgehead atoms. The molecule has 0 spiro atoms. The van der Waals surface area contributed by atoms with E-state index in [2.05, 4.69) is 26.9 Å². The molecule has 1 aliphatic heterocycles. The van der Waals surface area contributed by atoms with Gasteiger partial charge in [-0.25, -0.2) is 0 Å². The van der Waals surface area contributed by atoms with Gasteiger partial charge in [0.05, 0.1) is 11.6 Å². The average molecular weight is 322 g/mol. The van der Waals surface area contributed by atoms with Crippen molar-refractivity contribution in [2.45, 2.75) is 0 Å². The predicted octanol–water partition coefficient (Wildman–Crippen LogP) is 1.71. The lowest BCUT2D eigenvalue weighted by atomic mass is 10.1. The monoisotopic (exact) mass is 321 g/mol. The van der Waals surface area contributed by atoms with Crippen molar-refractivity contribution in [3.63, 3.8) is 0 Å². The SMILES string of the molecule is N#Cc1ccc(C(=O)N2CCN(CCBr)CC2)cc1. The van der Waals surface area contributed by atoms with Gasteiger partial charge < -0.3 is 4.90 Å². The molecule has 0 aliphatic carbocycles. The molecule has 1 aliphatic rings. The van der Waals surface area contributed by atoms with Gasteiger partial charge in [0.2, 0.25) is 0 Å². The molecule has 0 unspecified atom stereocenters. The molecule has 100 valence electrons. The second-order valence-corrected chi connectivity index (χ2v) is 5.30. The van der Waals surface area contributed by atoms with Gasteiger partial charge in [0.1, 0.15) is 0 Å². The normalized spacial score (nSPS) is 16.1. The number of hydrogen-bond acceptors (Lipinski definition) is 3. The van der Waals surface area contributed by atoms with Crippen molar-refractivity contribution in [2.24, 2.45) is 0 Å². The topological polar surface area (TPSA) is 47.3 Å². The summed E-state index contributed by atoms with van der Waals surface area (Å²) in [6.07, 6.45) is 0. The molecule has 5 heteroatoms. The quantitative estimate of drug-likeness (QED) is 0.796. The van der Waals surface area contributed by atoms with Crippen LogP contribution in [0.3, 0.4) is 0 Å². The average Bonchev–Trinajstić information content (AvgIpc) is 2.48. The van der Waals surface area contributed by atoms with Crippen LogP contribution in [0.4, 0.5) is 0 Å². The van der Waals surface area contributed by atoms with Gasteiger partial charge in [-0.15, -0.1) is 0 Å². The molecule has 0 N–H and O–H groups in total. The van der Waals surface area contributed by atoms with E-state index in [1.165, 1.54) is 0 Å². The van der Waals surface area contributed by atoms with E-state index in [9.17, 15) is 4.79 Å². The number of hydrogen-bond donors (Lipinski definition) is 0. The van der Waals surface area contributed by atoms with Crippen LogP contribution in [-0.4, -0.2) is 53.8 Å². The summed E-state index contributed by atoms with van der Waals surface area (Å²) in [5.41, 5.74) is 1.24. The van der Waals surface area contributed by atoms with Crippen molar-refractivity contribution in [3.8, 4) is 6.07 Å². The molecular weight excluding hydrogens is 306 g/mol. The number of rotatable bonds is 3. The molecule has 4 nitrogen and oxygen atoms in total. The highest BCUT2D eigenvalue weighted by Gasteiger charge is 2.21. The van der Waals surface area contributed by atoms with Crippen LogP contribution in [0.15, 0.2) is 24.3 Å². The lowest BCUT2D eigenvalue weighted by molar-refractivity contribution is 0.0645. The Morgan fingerprint density at radius 1 is 1.21 bits per heavy atom. The molecule has 19 heavy (non-hydrogen) atoms. The van der Waals surface area contributed by atoms with Crippen molar-refractivity contribution in [2.75, 3.05) is 38.1 Å². The van der Waals surface area contributed by atoms with E-state index in [-0.39, 0.29) is 5.91 Å². The van der Waals surface area contributed by atoms with E-state index >= 15 is 0 Å². The summed E-state index contributed by atoms with van der Waals surface area (Å²) in [4.78, 5) is 16.5. The van der Waals surface area contributed by atoms with Gasteiger partial charge in [0.15, 0.2) is 0 Å². The van der Waals surface area contributed by atoms with Crippen LogP contribution in [0, 0.1) is 11.3 Å². The number of halogens is 1. The second-order valence-electron chi connectivity index (χ2n) is 4.51. The van der Waals surface area contributed by atoms with Crippen LogP contribution >= 0.6 is 15.9 Å². The van der Waals surface area contributed by atoms with Gasteiger partial charge in [-0.2, -0.15) is 5.26 Å². The number of carbonyl (C=O) groups excluding carboxylic acids is 1. The van der Waals surface area contributed by atoms with Crippen molar-refractivity contribution in [1.29, 1.82) is 5.26 Å². The third-order valence-corrected chi connectivity index (χ3v) is 3.68. The van der Waals surface area contributed by atoms with Crippen LogP contribution in [0.2, 0.25) is 0 Å². The fourth-order valence-electron chi connectivity index (χ4n) is 2.16. The number of carbonyl (C=O) groups is 1. The third kappa shape index (κ3) is 3.55. The van der Waals surface area contributed by atoms with E-state index in [4.69, 9.17) is 5.26 Å². The number of nitrogens with zero attached hydrogens (tertiary/aromatic N) is 3. The minimum absolute atomic E-state index is 0.0583. The Morgan fingerprint density at radius 2 is 1.84 bits per heavy atom. The van der Waals surface area contributed by atoms with Gasteiger partial charge >= 0.3 is 0 Å². The molecule has 1 heterocycles. The van der Waals surface area contributed by atoms with Gasteiger partial charge in [-0.3, -0.25) is 9.69 Å². The van der Waals surface area contributed by atoms with Crippen molar-refractivity contribution >= 4 is 21.8 Å². The Hall–Kier alpha value is -1.38. The molecule has 0 radical (unpaired) electrons. The first-order valence-electron chi connectivity index (χ1n) is 6.32. The van der Waals surface area contributed by atoms with E-state index < -0.39 is 0 Å². The first-order chi connectivity index (χ1) is 9.24. The zero-order valence-electron chi connectivity index (χ0n) is 10.7. The maximum Gasteiger partial charge on any atom is 0.253 e. The number of amides is 1. The largest absolute Gasteiger partial charge is 0.336 e. The summed E-state index contributed by atoms with van der Waals surface area (Å²) in [6.45, 7) is 4.41. The molecule has 0 aromatic heterocycles. The highest BCUT2D eigenvalue weighted by molar-refractivity contribution is 9.09. The fraction of sp³-hybridized carbons (Fsp3) is 0.429. The number of nitriles is 1. The Bertz CT molecular complexity index is 472. The fourth-order valence-corrected chi connectivity index (χ4v) is 2.67. The number of benzene rings is 1. The van der Waals surface area contributed by atoms with Crippen molar-refractivity contribution < 1.29 is 4.79 Å². The van der Waals surface area contributed by atoms with Gasteiger partial charge in [0.25, 0.3) is 5.91 Å². The summed E-state index contributed by atoms with van der Waals surface area (Å²) in [7, 11) is 0. The van der Waals surface area contributed by atoms with Crippen molar-refractivity contribution in [1.82, 2.24) is 9.80 Å². The van der Waals surface area contributed by atoms with Crippen LogP contribution in [-0.2, 0) is 0 Å². The highest BCUT2D eigenvalue weighted by Crippen LogP contribution is 2.10. The maximum atomic E-state index is 12.3. The predicted molar refractivity (Wildman–Crippen MR) is 77.3 cm³/mol. The van der Waals surface area contributed by atoms with Crippen LogP contribution in [0.25, 0.3) is 0 Å². The highest BCUT2D eigenvalue weighted by atomic mass is 79.9. The first-order valence-corrected chi connectivity index (χ1v) is 7.44. The van der Waals surface area contributed by atoms with E-state index in [0.717, 1.165) is 38.1 Å². The number of piperazine rings is 1. The standard InChI is InChI=1S/C14H16BrN3O/c15-5-6-17-7-9-18(10-8-17)14(19)13-3-1-12(11-16)2-4-13/h1-4H,5-10H2.